The van der Waals surface area contributed by atoms with Gasteiger partial charge in [0, 0.05) is 11.5 Å². The molecule has 4 rings (SSSR count). The fourth-order valence-electron chi connectivity index (χ4n) is 3.95. The van der Waals surface area contributed by atoms with E-state index < -0.39 is 5.97 Å². The van der Waals surface area contributed by atoms with Crippen molar-refractivity contribution in [1.82, 2.24) is 10.2 Å². The maximum absolute atomic E-state index is 10.9. The number of H-pyrrole nitrogens is 1. The number of aliphatic carboxylic acids is 1. The number of carboxylic acid groups (broad SMARTS) is 1. The van der Waals surface area contributed by atoms with E-state index in [1.165, 1.54) is 16.7 Å². The topological polar surface area (TPSA) is 66.0 Å². The Balaban J connectivity index is 1.90. The molecule has 3 aromatic carbocycles. The third-order valence-electron chi connectivity index (χ3n) is 5.55. The van der Waals surface area contributed by atoms with Gasteiger partial charge in [-0.2, -0.15) is 5.10 Å². The molecule has 0 radical (unpaired) electrons. The summed E-state index contributed by atoms with van der Waals surface area (Å²) in [4.78, 5) is 10.9. The zero-order valence-corrected chi connectivity index (χ0v) is 18.1. The summed E-state index contributed by atoms with van der Waals surface area (Å²) in [5.74, 6) is -0.950. The van der Waals surface area contributed by atoms with Crippen LogP contribution < -0.4 is 0 Å². The molecular formula is C28H26N2O2. The molecule has 4 nitrogen and oxygen atoms in total. The molecular weight excluding hydrogens is 396 g/mol. The average Bonchev–Trinajstić information content (AvgIpc) is 3.29. The van der Waals surface area contributed by atoms with Crippen LogP contribution >= 0.6 is 0 Å². The van der Waals surface area contributed by atoms with Gasteiger partial charge in [0.1, 0.15) is 0 Å². The number of fused-ring (bicyclic) bond motifs is 1. The summed E-state index contributed by atoms with van der Waals surface area (Å²) in [6, 6.07) is 25.0. The first kappa shape index (κ1) is 21.3. The molecule has 4 heteroatoms. The van der Waals surface area contributed by atoms with Crippen molar-refractivity contribution in [1.29, 1.82) is 0 Å². The number of hydrogen-bond donors (Lipinski definition) is 2. The summed E-state index contributed by atoms with van der Waals surface area (Å²) < 4.78 is 0. The minimum atomic E-state index is -0.950. The normalized spacial score (nSPS) is 12.3. The van der Waals surface area contributed by atoms with E-state index in [0.29, 0.717) is 0 Å². The monoisotopic (exact) mass is 422 g/mol. The zero-order valence-electron chi connectivity index (χ0n) is 18.1. The van der Waals surface area contributed by atoms with Crippen molar-refractivity contribution in [3.8, 4) is 0 Å². The Hall–Kier alpha value is -3.92. The van der Waals surface area contributed by atoms with Gasteiger partial charge in [-0.15, -0.1) is 0 Å². The van der Waals surface area contributed by atoms with Gasteiger partial charge in [0.05, 0.1) is 11.7 Å². The zero-order chi connectivity index (χ0) is 22.3. The van der Waals surface area contributed by atoms with E-state index in [1.54, 1.807) is 6.08 Å². The minimum Gasteiger partial charge on any atom is -0.478 e. The maximum Gasteiger partial charge on any atom is 0.328 e. The van der Waals surface area contributed by atoms with Gasteiger partial charge >= 0.3 is 5.97 Å². The van der Waals surface area contributed by atoms with Gasteiger partial charge in [-0.05, 0) is 64.5 Å². The number of benzene rings is 3. The average molecular weight is 423 g/mol. The largest absolute Gasteiger partial charge is 0.478 e. The molecule has 4 aromatic rings. The first-order chi connectivity index (χ1) is 15.7. The van der Waals surface area contributed by atoms with Crippen LogP contribution in [0.2, 0.25) is 0 Å². The lowest BCUT2D eigenvalue weighted by Gasteiger charge is -2.18. The molecule has 0 aliphatic carbocycles. The number of aromatic amines is 1. The smallest absolute Gasteiger partial charge is 0.328 e. The Bertz CT molecular complexity index is 1270. The molecule has 0 saturated heterocycles. The van der Waals surface area contributed by atoms with Crippen molar-refractivity contribution >= 4 is 34.1 Å². The predicted octanol–water partition coefficient (Wildman–Crippen LogP) is 6.81. The quantitative estimate of drug-likeness (QED) is 0.242. The van der Waals surface area contributed by atoms with E-state index >= 15 is 0 Å². The van der Waals surface area contributed by atoms with E-state index in [1.807, 2.05) is 24.4 Å². The number of rotatable bonds is 8. The van der Waals surface area contributed by atoms with Crippen LogP contribution in [-0.2, 0) is 4.79 Å². The number of carboxylic acids is 1. The van der Waals surface area contributed by atoms with Crippen LogP contribution in [0.3, 0.4) is 0 Å². The Morgan fingerprint density at radius 2 is 1.72 bits per heavy atom. The molecule has 0 spiro atoms. The van der Waals surface area contributed by atoms with Crippen LogP contribution in [0.4, 0.5) is 0 Å². The molecule has 0 bridgehead atoms. The number of carbonyl (C=O) groups is 1. The van der Waals surface area contributed by atoms with E-state index in [4.69, 9.17) is 5.11 Å². The summed E-state index contributed by atoms with van der Waals surface area (Å²) in [7, 11) is 0. The Labute approximate surface area is 187 Å². The van der Waals surface area contributed by atoms with Gasteiger partial charge in [-0.3, -0.25) is 5.10 Å². The Morgan fingerprint density at radius 1 is 0.969 bits per heavy atom. The van der Waals surface area contributed by atoms with Crippen LogP contribution in [0, 0.1) is 0 Å². The van der Waals surface area contributed by atoms with Crippen LogP contribution in [-0.4, -0.2) is 21.3 Å². The molecule has 160 valence electrons. The lowest BCUT2D eigenvalue weighted by molar-refractivity contribution is -0.131. The van der Waals surface area contributed by atoms with Gasteiger partial charge in [0.2, 0.25) is 0 Å². The van der Waals surface area contributed by atoms with Crippen LogP contribution in [0.15, 0.2) is 85.1 Å². The molecule has 1 aromatic heterocycles. The van der Waals surface area contributed by atoms with Crippen LogP contribution in [0.5, 0.6) is 0 Å². The van der Waals surface area contributed by atoms with Crippen molar-refractivity contribution < 1.29 is 9.90 Å². The fraction of sp³-hybridized carbons (Fsp3) is 0.143. The van der Waals surface area contributed by atoms with Gasteiger partial charge in [-0.1, -0.05) is 74.0 Å². The van der Waals surface area contributed by atoms with Gasteiger partial charge < -0.3 is 5.11 Å². The van der Waals surface area contributed by atoms with Crippen LogP contribution in [0.25, 0.3) is 28.1 Å². The minimum absolute atomic E-state index is 0.857. The van der Waals surface area contributed by atoms with Crippen LogP contribution in [0.1, 0.15) is 48.4 Å². The number of allylic oxidation sites excluding steroid dienone is 1. The molecule has 0 unspecified atom stereocenters. The summed E-state index contributed by atoms with van der Waals surface area (Å²) in [5.41, 5.74) is 7.84. The van der Waals surface area contributed by atoms with Crippen molar-refractivity contribution in [3.63, 3.8) is 0 Å². The van der Waals surface area contributed by atoms with Gasteiger partial charge in [-0.25, -0.2) is 4.79 Å². The van der Waals surface area contributed by atoms with Crippen molar-refractivity contribution in [2.24, 2.45) is 0 Å². The molecule has 0 saturated carbocycles. The lowest BCUT2D eigenvalue weighted by Crippen LogP contribution is -1.96. The van der Waals surface area contributed by atoms with Gasteiger partial charge in [0.15, 0.2) is 0 Å². The van der Waals surface area contributed by atoms with Crippen molar-refractivity contribution in [3.05, 3.63) is 107 Å². The Kier molecular flexibility index (Phi) is 6.61. The fourth-order valence-corrected chi connectivity index (χ4v) is 3.95. The molecule has 0 aliphatic rings. The second-order valence-electron chi connectivity index (χ2n) is 7.79. The highest BCUT2D eigenvalue weighted by molar-refractivity contribution is 6.00. The third kappa shape index (κ3) is 4.86. The standard InChI is InChI=1S/C28H26N2O2/c1-2-3-9-25(21-7-5-4-6-8-21)28(23-15-16-26-24(18-23)19-29-30-26)22-13-10-20(11-14-22)12-17-27(31)32/h4-8,10-19H,2-3,9H2,1H3,(H,29,30)(H,31,32)/b17-12+,28-25+. The lowest BCUT2D eigenvalue weighted by atomic mass is 9.86. The van der Waals surface area contributed by atoms with Gasteiger partial charge in [0.25, 0.3) is 0 Å². The highest BCUT2D eigenvalue weighted by atomic mass is 16.4. The summed E-state index contributed by atoms with van der Waals surface area (Å²) in [5, 5.41) is 17.2. The number of hydrogen-bond acceptors (Lipinski definition) is 2. The first-order valence-corrected chi connectivity index (χ1v) is 10.9. The predicted molar refractivity (Wildman–Crippen MR) is 131 cm³/mol. The molecule has 1 heterocycles. The van der Waals surface area contributed by atoms with E-state index in [2.05, 4.69) is 71.7 Å². The van der Waals surface area contributed by atoms with E-state index in [0.717, 1.165) is 52.9 Å². The number of nitrogens with one attached hydrogen (secondary N) is 1. The third-order valence-corrected chi connectivity index (χ3v) is 5.55. The second kappa shape index (κ2) is 9.92. The molecule has 0 aliphatic heterocycles. The van der Waals surface area contributed by atoms with E-state index in [9.17, 15) is 4.79 Å². The highest BCUT2D eigenvalue weighted by Crippen LogP contribution is 2.36. The number of nitrogens with zero attached hydrogens (tertiary/aromatic N) is 1. The summed E-state index contributed by atoms with van der Waals surface area (Å²) in [6.07, 6.45) is 7.81. The van der Waals surface area contributed by atoms with Crippen molar-refractivity contribution in [2.75, 3.05) is 0 Å². The maximum atomic E-state index is 10.9. The van der Waals surface area contributed by atoms with E-state index in [-0.39, 0.29) is 0 Å². The highest BCUT2D eigenvalue weighted by Gasteiger charge is 2.15. The summed E-state index contributed by atoms with van der Waals surface area (Å²) in [6.45, 7) is 2.21. The molecule has 32 heavy (non-hydrogen) atoms. The number of unbranched alkanes of at least 4 members (excludes halogenated alkanes) is 1. The Morgan fingerprint density at radius 3 is 2.44 bits per heavy atom. The summed E-state index contributed by atoms with van der Waals surface area (Å²) >= 11 is 0. The molecule has 2 N–H and O–H groups in total. The molecule has 0 fully saturated rings. The molecule has 0 atom stereocenters. The van der Waals surface area contributed by atoms with Crippen molar-refractivity contribution in [2.45, 2.75) is 26.2 Å². The molecule has 0 amide bonds. The number of aromatic nitrogens is 2. The second-order valence-corrected chi connectivity index (χ2v) is 7.79. The first-order valence-electron chi connectivity index (χ1n) is 10.9. The SMILES string of the molecule is CCCC/C(=C(/c1ccc(/C=C/C(=O)O)cc1)c1ccc2[nH]ncc2c1)c1ccccc1.